The summed E-state index contributed by atoms with van der Waals surface area (Å²) < 4.78 is 54.3. The molecule has 4 atom stereocenters. The molecule has 7 rings (SSSR count). The van der Waals surface area contributed by atoms with Crippen molar-refractivity contribution in [3.8, 4) is 17.2 Å². The predicted octanol–water partition coefficient (Wildman–Crippen LogP) is 8.89. The molecule has 0 aromatic heterocycles. The van der Waals surface area contributed by atoms with E-state index in [-0.39, 0.29) is 47.4 Å². The smallest absolute Gasteiger partial charge is 0.409 e. The summed E-state index contributed by atoms with van der Waals surface area (Å²) in [5.74, 6) is 2.40. The molecule has 58 heavy (non-hydrogen) atoms. The third kappa shape index (κ3) is 8.53. The number of benzene rings is 4. The average Bonchev–Trinajstić information content (AvgIpc) is 3.37. The standard InChI is InChI=1S/C46H54ClN3O7S/c1-6-42(48(3)45(51)56-7-2)40-21-14-35(40)29-49-30-46(24-8-9-34-25-36(47)15-22-41(34)46)31-57-44-23-20-39(26-43(44)49)58(52,53)50(27-32-10-16-37(54-4)17-11-32)28-33-12-18-38(55-5)19-13-33/h6,10-13,15-20,22-23,25-26,35,40,42H,1,7-9,14,21,24,27-31H2,2-5H3/t35-,40+,42?,46-/m0/s1. The van der Waals surface area contributed by atoms with Gasteiger partial charge in [-0.25, -0.2) is 13.2 Å². The van der Waals surface area contributed by atoms with E-state index < -0.39 is 10.0 Å². The van der Waals surface area contributed by atoms with E-state index >= 15 is 0 Å². The topological polar surface area (TPSA) is 97.9 Å². The molecule has 4 aromatic carbocycles. The average molecular weight is 828 g/mol. The lowest BCUT2D eigenvalue weighted by Crippen LogP contribution is -2.52. The van der Waals surface area contributed by atoms with Crippen LogP contribution >= 0.6 is 11.6 Å². The molecule has 1 amide bonds. The van der Waals surface area contributed by atoms with E-state index in [0.717, 1.165) is 48.9 Å². The Morgan fingerprint density at radius 1 is 0.983 bits per heavy atom. The number of amides is 1. The summed E-state index contributed by atoms with van der Waals surface area (Å²) in [5.41, 5.74) is 4.52. The van der Waals surface area contributed by atoms with Crippen molar-refractivity contribution in [1.82, 2.24) is 9.21 Å². The number of anilines is 1. The molecule has 10 nitrogen and oxygen atoms in total. The minimum atomic E-state index is -4.06. The molecule has 0 saturated heterocycles. The molecule has 4 aromatic rings. The lowest BCUT2D eigenvalue weighted by molar-refractivity contribution is 0.0619. The fourth-order valence-corrected chi connectivity index (χ4v) is 10.7. The molecular formula is C46H54ClN3O7S. The molecule has 3 aliphatic rings. The van der Waals surface area contributed by atoms with E-state index in [2.05, 4.69) is 23.6 Å². The van der Waals surface area contributed by atoms with Crippen molar-refractivity contribution >= 4 is 33.4 Å². The van der Waals surface area contributed by atoms with Gasteiger partial charge in [-0.3, -0.25) is 0 Å². The number of sulfonamides is 1. The number of carbonyl (C=O) groups excluding carboxylic acids is 1. The van der Waals surface area contributed by atoms with Crippen LogP contribution in [0.3, 0.4) is 0 Å². The number of ether oxygens (including phenoxy) is 4. The van der Waals surface area contributed by atoms with Gasteiger partial charge in [0.1, 0.15) is 17.2 Å². The Balaban J connectivity index is 1.27. The monoisotopic (exact) mass is 827 g/mol. The van der Waals surface area contributed by atoms with Gasteiger partial charge >= 0.3 is 6.09 Å². The summed E-state index contributed by atoms with van der Waals surface area (Å²) in [5, 5.41) is 0.715. The van der Waals surface area contributed by atoms with Crippen molar-refractivity contribution in [3.05, 3.63) is 125 Å². The minimum Gasteiger partial charge on any atom is -0.497 e. The molecule has 0 radical (unpaired) electrons. The van der Waals surface area contributed by atoms with Crippen LogP contribution in [0.1, 0.15) is 54.9 Å². The minimum absolute atomic E-state index is 0.152. The Morgan fingerprint density at radius 3 is 2.24 bits per heavy atom. The van der Waals surface area contributed by atoms with Gasteiger partial charge < -0.3 is 28.7 Å². The normalized spacial score (nSPS) is 20.5. The molecule has 1 heterocycles. The van der Waals surface area contributed by atoms with Gasteiger partial charge in [-0.1, -0.05) is 48.0 Å². The number of hydrogen-bond donors (Lipinski definition) is 0. The van der Waals surface area contributed by atoms with Crippen LogP contribution in [0.15, 0.2) is 102 Å². The van der Waals surface area contributed by atoms with Crippen molar-refractivity contribution in [2.75, 3.05) is 52.5 Å². The molecule has 1 unspecified atom stereocenters. The van der Waals surface area contributed by atoms with Gasteiger partial charge in [0, 0.05) is 43.7 Å². The summed E-state index contributed by atoms with van der Waals surface area (Å²) in [4.78, 5) is 17.0. The molecule has 1 spiro atoms. The Bertz CT molecular complexity index is 2150. The summed E-state index contributed by atoms with van der Waals surface area (Å²) in [6, 6.07) is 26.2. The van der Waals surface area contributed by atoms with Crippen molar-refractivity contribution < 1.29 is 32.2 Å². The highest BCUT2D eigenvalue weighted by Crippen LogP contribution is 2.47. The fraction of sp³-hybridized carbons (Fsp3) is 0.413. The fourth-order valence-electron chi connectivity index (χ4n) is 9.02. The number of carbonyl (C=O) groups is 1. The van der Waals surface area contributed by atoms with Crippen LogP contribution in [0, 0.1) is 11.8 Å². The largest absolute Gasteiger partial charge is 0.497 e. The molecule has 0 bridgehead atoms. The van der Waals surface area contributed by atoms with E-state index in [1.54, 1.807) is 45.2 Å². The zero-order chi connectivity index (χ0) is 41.0. The summed E-state index contributed by atoms with van der Waals surface area (Å²) in [6.45, 7) is 8.25. The zero-order valence-corrected chi connectivity index (χ0v) is 35.4. The Hall–Kier alpha value is -4.71. The molecule has 308 valence electrons. The highest BCUT2D eigenvalue weighted by atomic mass is 35.5. The lowest BCUT2D eigenvalue weighted by atomic mass is 9.68. The van der Waals surface area contributed by atoms with E-state index in [4.69, 9.17) is 30.5 Å². The molecular weight excluding hydrogens is 774 g/mol. The second kappa shape index (κ2) is 17.6. The first-order valence-corrected chi connectivity index (χ1v) is 21.9. The van der Waals surface area contributed by atoms with Crippen LogP contribution in [0.25, 0.3) is 0 Å². The van der Waals surface area contributed by atoms with E-state index in [1.165, 1.54) is 15.4 Å². The Kier molecular flexibility index (Phi) is 12.6. The van der Waals surface area contributed by atoms with Crippen LogP contribution in [0.5, 0.6) is 17.2 Å². The maximum Gasteiger partial charge on any atom is 0.409 e. The number of halogens is 1. The number of rotatable bonds is 14. The van der Waals surface area contributed by atoms with Crippen molar-refractivity contribution in [2.45, 2.75) is 68.5 Å². The van der Waals surface area contributed by atoms with Crippen LogP contribution < -0.4 is 19.1 Å². The highest BCUT2D eigenvalue weighted by molar-refractivity contribution is 7.89. The SMILES string of the molecule is C=CC([C@@H]1CC[C@H]1CN1C[C@@]2(CCCc3cc(Cl)ccc32)COc2ccc(S(=O)(=O)N(Cc3ccc(OC)cc3)Cc3ccc(OC)cc3)cc21)N(C)C(=O)OCC. The van der Waals surface area contributed by atoms with Crippen LogP contribution in [0.4, 0.5) is 10.5 Å². The number of methoxy groups -OCH3 is 2. The molecule has 1 saturated carbocycles. The van der Waals surface area contributed by atoms with Crippen molar-refractivity contribution in [3.63, 3.8) is 0 Å². The zero-order valence-electron chi connectivity index (χ0n) is 33.9. The van der Waals surface area contributed by atoms with E-state index in [0.29, 0.717) is 48.6 Å². The first-order chi connectivity index (χ1) is 28.0. The first kappa shape index (κ1) is 41.4. The number of hydrogen-bond acceptors (Lipinski definition) is 8. The van der Waals surface area contributed by atoms with Gasteiger partial charge in [0.2, 0.25) is 10.0 Å². The van der Waals surface area contributed by atoms with Crippen molar-refractivity contribution in [2.24, 2.45) is 11.8 Å². The van der Waals surface area contributed by atoms with E-state index in [9.17, 15) is 13.2 Å². The van der Waals surface area contributed by atoms with Gasteiger partial charge in [0.25, 0.3) is 0 Å². The highest BCUT2D eigenvalue weighted by Gasteiger charge is 2.45. The molecule has 12 heteroatoms. The molecule has 1 aliphatic heterocycles. The second-order valence-electron chi connectivity index (χ2n) is 15.7. The second-order valence-corrected chi connectivity index (χ2v) is 18.1. The Labute approximate surface area is 348 Å². The third-order valence-electron chi connectivity index (χ3n) is 12.3. The number of aryl methyl sites for hydroxylation is 1. The summed E-state index contributed by atoms with van der Waals surface area (Å²) >= 11 is 6.52. The van der Waals surface area contributed by atoms with Gasteiger partial charge in [-0.15, -0.1) is 6.58 Å². The number of likely N-dealkylation sites (N-methyl/N-ethyl adjacent to an activating group) is 1. The van der Waals surface area contributed by atoms with E-state index in [1.807, 2.05) is 66.7 Å². The van der Waals surface area contributed by atoms with Gasteiger partial charge in [-0.05, 0) is 128 Å². The summed E-state index contributed by atoms with van der Waals surface area (Å²) in [7, 11) is 0.931. The maximum absolute atomic E-state index is 15.0. The molecule has 2 aliphatic carbocycles. The van der Waals surface area contributed by atoms with Crippen LogP contribution in [-0.4, -0.2) is 77.3 Å². The molecule has 0 N–H and O–H groups in total. The third-order valence-corrected chi connectivity index (χ3v) is 14.3. The quantitative estimate of drug-likeness (QED) is 0.116. The first-order valence-electron chi connectivity index (χ1n) is 20.1. The van der Waals surface area contributed by atoms with Crippen LogP contribution in [0.2, 0.25) is 5.02 Å². The predicted molar refractivity (Wildman–Crippen MR) is 228 cm³/mol. The van der Waals surface area contributed by atoms with Gasteiger partial charge in [-0.2, -0.15) is 4.31 Å². The Morgan fingerprint density at radius 2 is 1.66 bits per heavy atom. The van der Waals surface area contributed by atoms with Crippen molar-refractivity contribution in [1.29, 1.82) is 0 Å². The van der Waals surface area contributed by atoms with Gasteiger partial charge in [0.05, 0.1) is 44.1 Å². The van der Waals surface area contributed by atoms with Gasteiger partial charge in [0.15, 0.2) is 0 Å². The molecule has 1 fully saturated rings. The lowest BCUT2D eigenvalue weighted by Gasteiger charge is -2.47. The van der Waals surface area contributed by atoms with Crippen LogP contribution in [-0.2, 0) is 39.7 Å². The number of nitrogens with zero attached hydrogens (tertiary/aromatic N) is 3. The maximum atomic E-state index is 15.0. The number of fused-ring (bicyclic) bond motifs is 3. The summed E-state index contributed by atoms with van der Waals surface area (Å²) in [6.07, 6.45) is 6.23.